The smallest absolute Gasteiger partial charge is 0.262 e. The lowest BCUT2D eigenvalue weighted by Gasteiger charge is -2.21. The van der Waals surface area contributed by atoms with Crippen molar-refractivity contribution in [2.45, 2.75) is 6.92 Å². The number of carbonyl (C=O) groups excluding carboxylic acids is 1. The second-order valence-electron chi connectivity index (χ2n) is 4.24. The third-order valence-electron chi connectivity index (χ3n) is 3.08. The number of amides is 1. The van der Waals surface area contributed by atoms with Gasteiger partial charge >= 0.3 is 0 Å². The van der Waals surface area contributed by atoms with Gasteiger partial charge in [-0.25, -0.2) is 0 Å². The van der Waals surface area contributed by atoms with Gasteiger partial charge in [-0.3, -0.25) is 4.79 Å². The Hall–Kier alpha value is -2.49. The van der Waals surface area contributed by atoms with Gasteiger partial charge < -0.3 is 14.7 Å². The molecule has 0 bridgehead atoms. The van der Waals surface area contributed by atoms with E-state index in [1.165, 1.54) is 7.11 Å². The fourth-order valence-corrected chi connectivity index (χ4v) is 2.06. The average Bonchev–Trinajstić information content (AvgIpc) is 2.49. The number of hydrogen-bond donors (Lipinski definition) is 1. The molecule has 0 atom stereocenters. The molecule has 4 heteroatoms. The Morgan fingerprint density at radius 1 is 1.15 bits per heavy atom. The van der Waals surface area contributed by atoms with Crippen LogP contribution in [0.4, 0.5) is 5.69 Å². The second-order valence-corrected chi connectivity index (χ2v) is 4.24. The topological polar surface area (TPSA) is 49.8 Å². The minimum Gasteiger partial charge on any atom is -0.504 e. The monoisotopic (exact) mass is 271 g/mol. The van der Waals surface area contributed by atoms with Crippen LogP contribution in [-0.2, 0) is 0 Å². The molecule has 104 valence electrons. The highest BCUT2D eigenvalue weighted by atomic mass is 16.5. The molecule has 0 spiro atoms. The number of hydrogen-bond acceptors (Lipinski definition) is 3. The van der Waals surface area contributed by atoms with Gasteiger partial charge in [0.2, 0.25) is 0 Å². The van der Waals surface area contributed by atoms with Crippen LogP contribution >= 0.6 is 0 Å². The SMILES string of the molecule is CCN(C(=O)c1cccc(OC)c1O)c1ccccc1. The van der Waals surface area contributed by atoms with Gasteiger partial charge in [0.15, 0.2) is 11.5 Å². The molecule has 0 aliphatic heterocycles. The van der Waals surface area contributed by atoms with Crippen LogP contribution < -0.4 is 9.64 Å². The number of ether oxygens (including phenoxy) is 1. The molecule has 0 radical (unpaired) electrons. The van der Waals surface area contributed by atoms with Crippen molar-refractivity contribution in [3.05, 3.63) is 54.1 Å². The van der Waals surface area contributed by atoms with E-state index >= 15 is 0 Å². The minimum absolute atomic E-state index is 0.130. The molecule has 2 rings (SSSR count). The van der Waals surface area contributed by atoms with E-state index in [9.17, 15) is 9.90 Å². The van der Waals surface area contributed by atoms with Crippen molar-refractivity contribution < 1.29 is 14.6 Å². The number of phenols is 1. The van der Waals surface area contributed by atoms with Gasteiger partial charge in [-0.15, -0.1) is 0 Å². The maximum atomic E-state index is 12.6. The predicted octanol–water partition coefficient (Wildman–Crippen LogP) is 3.07. The Morgan fingerprint density at radius 3 is 2.45 bits per heavy atom. The van der Waals surface area contributed by atoms with E-state index in [0.717, 1.165) is 5.69 Å². The molecule has 1 amide bonds. The van der Waals surface area contributed by atoms with Crippen LogP contribution in [0.15, 0.2) is 48.5 Å². The number of nitrogens with zero attached hydrogens (tertiary/aromatic N) is 1. The molecule has 0 saturated carbocycles. The Labute approximate surface area is 118 Å². The van der Waals surface area contributed by atoms with Crippen molar-refractivity contribution in [2.24, 2.45) is 0 Å². The van der Waals surface area contributed by atoms with Gasteiger partial charge in [-0.2, -0.15) is 0 Å². The highest BCUT2D eigenvalue weighted by Gasteiger charge is 2.20. The van der Waals surface area contributed by atoms with Gasteiger partial charge in [0, 0.05) is 12.2 Å². The first-order valence-corrected chi connectivity index (χ1v) is 6.42. The fraction of sp³-hybridized carbons (Fsp3) is 0.188. The van der Waals surface area contributed by atoms with Gasteiger partial charge in [0.25, 0.3) is 5.91 Å². The van der Waals surface area contributed by atoms with Crippen molar-refractivity contribution in [2.75, 3.05) is 18.6 Å². The Balaban J connectivity index is 2.39. The van der Waals surface area contributed by atoms with E-state index in [2.05, 4.69) is 0 Å². The third kappa shape index (κ3) is 2.59. The van der Waals surface area contributed by atoms with E-state index in [1.807, 2.05) is 37.3 Å². The van der Waals surface area contributed by atoms with Crippen LogP contribution in [0.1, 0.15) is 17.3 Å². The number of benzene rings is 2. The lowest BCUT2D eigenvalue weighted by atomic mass is 10.1. The lowest BCUT2D eigenvalue weighted by Crippen LogP contribution is -2.30. The van der Waals surface area contributed by atoms with Crippen LogP contribution in [0.5, 0.6) is 11.5 Å². The van der Waals surface area contributed by atoms with Gasteiger partial charge in [0.05, 0.1) is 12.7 Å². The minimum atomic E-state index is -0.255. The maximum absolute atomic E-state index is 12.6. The summed E-state index contributed by atoms with van der Waals surface area (Å²) in [5, 5.41) is 10.1. The second kappa shape index (κ2) is 6.10. The Kier molecular flexibility index (Phi) is 4.25. The highest BCUT2D eigenvalue weighted by Crippen LogP contribution is 2.31. The molecule has 20 heavy (non-hydrogen) atoms. The van der Waals surface area contributed by atoms with E-state index in [1.54, 1.807) is 23.1 Å². The molecule has 2 aromatic rings. The first kappa shape index (κ1) is 13.9. The molecule has 0 aliphatic carbocycles. The summed E-state index contributed by atoms with van der Waals surface area (Å²) in [7, 11) is 1.46. The zero-order chi connectivity index (χ0) is 14.5. The van der Waals surface area contributed by atoms with Crippen molar-refractivity contribution in [1.29, 1.82) is 0 Å². The summed E-state index contributed by atoms with van der Waals surface area (Å²) in [6, 6.07) is 14.2. The van der Waals surface area contributed by atoms with Crippen LogP contribution in [0.2, 0.25) is 0 Å². The normalized spacial score (nSPS) is 10.1. The van der Waals surface area contributed by atoms with E-state index < -0.39 is 0 Å². The number of para-hydroxylation sites is 2. The first-order valence-electron chi connectivity index (χ1n) is 6.42. The highest BCUT2D eigenvalue weighted by molar-refractivity contribution is 6.08. The molecule has 4 nitrogen and oxygen atoms in total. The molecule has 0 aliphatic rings. The summed E-state index contributed by atoms with van der Waals surface area (Å²) < 4.78 is 5.03. The molecular weight excluding hydrogens is 254 g/mol. The standard InChI is InChI=1S/C16H17NO3/c1-3-17(12-8-5-4-6-9-12)16(19)13-10-7-11-14(20-2)15(13)18/h4-11,18H,3H2,1-2H3. The summed E-state index contributed by atoms with van der Waals surface area (Å²) >= 11 is 0. The fourth-order valence-electron chi connectivity index (χ4n) is 2.06. The van der Waals surface area contributed by atoms with Crippen molar-refractivity contribution >= 4 is 11.6 Å². The van der Waals surface area contributed by atoms with Crippen molar-refractivity contribution in [3.8, 4) is 11.5 Å². The quantitative estimate of drug-likeness (QED) is 0.929. The van der Waals surface area contributed by atoms with E-state index in [4.69, 9.17) is 4.74 Å². The van der Waals surface area contributed by atoms with Gasteiger partial charge in [0.1, 0.15) is 0 Å². The van der Waals surface area contributed by atoms with Crippen molar-refractivity contribution in [1.82, 2.24) is 0 Å². The molecule has 1 N–H and O–H groups in total. The van der Waals surface area contributed by atoms with Crippen LogP contribution in [0.3, 0.4) is 0 Å². The number of phenolic OH excluding ortho intramolecular Hbond substituents is 1. The number of anilines is 1. The number of carbonyl (C=O) groups is 1. The number of methoxy groups -OCH3 is 1. The van der Waals surface area contributed by atoms with Crippen molar-refractivity contribution in [3.63, 3.8) is 0 Å². The van der Waals surface area contributed by atoms with E-state index in [-0.39, 0.29) is 17.2 Å². The Bertz CT molecular complexity index is 596. The zero-order valence-corrected chi connectivity index (χ0v) is 11.5. The first-order chi connectivity index (χ1) is 9.69. The number of aromatic hydroxyl groups is 1. The van der Waals surface area contributed by atoms with Crippen LogP contribution in [0.25, 0.3) is 0 Å². The number of rotatable bonds is 4. The largest absolute Gasteiger partial charge is 0.504 e. The molecule has 0 unspecified atom stereocenters. The summed E-state index contributed by atoms with van der Waals surface area (Å²) in [5.74, 6) is -0.0931. The summed E-state index contributed by atoms with van der Waals surface area (Å²) in [4.78, 5) is 14.2. The molecule has 0 fully saturated rings. The molecular formula is C16H17NO3. The van der Waals surface area contributed by atoms with Crippen LogP contribution in [-0.4, -0.2) is 24.7 Å². The predicted molar refractivity (Wildman–Crippen MR) is 78.5 cm³/mol. The molecule has 0 heterocycles. The zero-order valence-electron chi connectivity index (χ0n) is 11.5. The van der Waals surface area contributed by atoms with Gasteiger partial charge in [-0.1, -0.05) is 24.3 Å². The van der Waals surface area contributed by atoms with E-state index in [0.29, 0.717) is 12.3 Å². The molecule has 0 aromatic heterocycles. The maximum Gasteiger partial charge on any atom is 0.262 e. The molecule has 2 aromatic carbocycles. The average molecular weight is 271 g/mol. The van der Waals surface area contributed by atoms with Crippen LogP contribution in [0, 0.1) is 0 Å². The Morgan fingerprint density at radius 2 is 1.85 bits per heavy atom. The summed E-state index contributed by atoms with van der Waals surface area (Å²) in [6.07, 6.45) is 0. The summed E-state index contributed by atoms with van der Waals surface area (Å²) in [6.45, 7) is 2.40. The third-order valence-corrected chi connectivity index (χ3v) is 3.08. The van der Waals surface area contributed by atoms with Gasteiger partial charge in [-0.05, 0) is 31.2 Å². The molecule has 0 saturated heterocycles. The summed E-state index contributed by atoms with van der Waals surface area (Å²) in [5.41, 5.74) is 1.03. The lowest BCUT2D eigenvalue weighted by molar-refractivity contribution is 0.0985.